The fourth-order valence-corrected chi connectivity index (χ4v) is 3.60. The third-order valence-electron chi connectivity index (χ3n) is 5.13. The molecular formula is C22H33IN6O. The van der Waals surface area contributed by atoms with E-state index in [1.54, 1.807) is 0 Å². The Bertz CT molecular complexity index is 807. The van der Waals surface area contributed by atoms with Crippen molar-refractivity contribution in [3.8, 4) is 0 Å². The van der Waals surface area contributed by atoms with Crippen LogP contribution in [0.5, 0.6) is 0 Å². The Morgan fingerprint density at radius 3 is 2.80 bits per heavy atom. The number of hydrogen-bond donors (Lipinski definition) is 2. The summed E-state index contributed by atoms with van der Waals surface area (Å²) in [4.78, 5) is 23.0. The summed E-state index contributed by atoms with van der Waals surface area (Å²) in [5.41, 5.74) is 1.26. The monoisotopic (exact) mass is 524 g/mol. The van der Waals surface area contributed by atoms with Crippen LogP contribution in [-0.4, -0.2) is 58.5 Å². The molecule has 1 atom stereocenters. The second kappa shape index (κ2) is 12.6. The van der Waals surface area contributed by atoms with Crippen LogP contribution in [0.1, 0.15) is 38.1 Å². The van der Waals surface area contributed by atoms with Crippen molar-refractivity contribution in [2.45, 2.75) is 45.7 Å². The molecule has 1 aliphatic heterocycles. The maximum atomic E-state index is 11.9. The van der Waals surface area contributed by atoms with Gasteiger partial charge in [-0.1, -0.05) is 37.3 Å². The molecule has 0 spiro atoms. The highest BCUT2D eigenvalue weighted by atomic mass is 127. The van der Waals surface area contributed by atoms with E-state index < -0.39 is 0 Å². The first kappa shape index (κ1) is 24.2. The maximum Gasteiger partial charge on any atom is 0.222 e. The largest absolute Gasteiger partial charge is 0.357 e. The lowest BCUT2D eigenvalue weighted by Gasteiger charge is -2.18. The van der Waals surface area contributed by atoms with Crippen molar-refractivity contribution in [2.75, 3.05) is 26.2 Å². The Balaban J connectivity index is 0.00000320. The number of hydrogen-bond acceptors (Lipinski definition) is 3. The quantitative estimate of drug-likeness (QED) is 0.317. The van der Waals surface area contributed by atoms with Crippen LogP contribution in [-0.2, 0) is 17.8 Å². The van der Waals surface area contributed by atoms with E-state index in [2.05, 4.69) is 51.4 Å². The van der Waals surface area contributed by atoms with Crippen LogP contribution in [0.2, 0.25) is 0 Å². The van der Waals surface area contributed by atoms with Gasteiger partial charge in [0.15, 0.2) is 5.96 Å². The minimum Gasteiger partial charge on any atom is -0.357 e. The standard InChI is InChI=1S/C22H32N6O.HI/c1-3-21(29)28-14-11-19(17-28)26-22(23-4-2)25-12-10-20-24-13-15-27(20)16-18-8-6-5-7-9-18;/h5-9,13,15,19H,3-4,10-12,14,16-17H2,1-2H3,(H2,23,25,26);1H. The first-order chi connectivity index (χ1) is 14.2. The fourth-order valence-electron chi connectivity index (χ4n) is 3.60. The van der Waals surface area contributed by atoms with Crippen molar-refractivity contribution >= 4 is 35.8 Å². The van der Waals surface area contributed by atoms with Gasteiger partial charge in [0.1, 0.15) is 5.82 Å². The van der Waals surface area contributed by atoms with E-state index in [0.717, 1.165) is 50.8 Å². The van der Waals surface area contributed by atoms with Gasteiger partial charge in [0.2, 0.25) is 5.91 Å². The summed E-state index contributed by atoms with van der Waals surface area (Å²) >= 11 is 0. The number of carbonyl (C=O) groups excluding carboxylic acids is 1. The number of likely N-dealkylation sites (tertiary alicyclic amines) is 1. The second-order valence-electron chi connectivity index (χ2n) is 7.29. The van der Waals surface area contributed by atoms with Gasteiger partial charge in [-0.05, 0) is 18.9 Å². The number of rotatable bonds is 8. The maximum absolute atomic E-state index is 11.9. The molecule has 1 aromatic carbocycles. The summed E-state index contributed by atoms with van der Waals surface area (Å²) in [7, 11) is 0. The molecule has 2 heterocycles. The van der Waals surface area contributed by atoms with Crippen LogP contribution >= 0.6 is 24.0 Å². The zero-order chi connectivity index (χ0) is 20.5. The fraction of sp³-hybridized carbons (Fsp3) is 0.500. The molecule has 0 radical (unpaired) electrons. The third-order valence-corrected chi connectivity index (χ3v) is 5.13. The van der Waals surface area contributed by atoms with E-state index in [4.69, 9.17) is 4.99 Å². The van der Waals surface area contributed by atoms with E-state index in [-0.39, 0.29) is 35.9 Å². The van der Waals surface area contributed by atoms with Gasteiger partial charge in [-0.2, -0.15) is 0 Å². The van der Waals surface area contributed by atoms with Gasteiger partial charge in [0.25, 0.3) is 0 Å². The average Bonchev–Trinajstić information content (AvgIpc) is 3.38. The molecule has 0 aliphatic carbocycles. The predicted molar refractivity (Wildman–Crippen MR) is 131 cm³/mol. The summed E-state index contributed by atoms with van der Waals surface area (Å²) in [5.74, 6) is 2.07. The van der Waals surface area contributed by atoms with Gasteiger partial charge in [-0.25, -0.2) is 4.98 Å². The summed E-state index contributed by atoms with van der Waals surface area (Å²) in [6.07, 6.45) is 6.17. The van der Waals surface area contributed by atoms with Crippen molar-refractivity contribution < 1.29 is 4.79 Å². The van der Waals surface area contributed by atoms with E-state index in [0.29, 0.717) is 13.0 Å². The number of carbonyl (C=O) groups is 1. The van der Waals surface area contributed by atoms with Gasteiger partial charge in [-0.15, -0.1) is 24.0 Å². The number of imidazole rings is 1. The number of halogens is 1. The first-order valence-electron chi connectivity index (χ1n) is 10.6. The van der Waals surface area contributed by atoms with Crippen molar-refractivity contribution in [1.82, 2.24) is 25.1 Å². The van der Waals surface area contributed by atoms with Gasteiger partial charge in [0.05, 0.1) is 0 Å². The highest BCUT2D eigenvalue weighted by Crippen LogP contribution is 2.10. The van der Waals surface area contributed by atoms with Crippen LogP contribution in [0.25, 0.3) is 0 Å². The van der Waals surface area contributed by atoms with Crippen molar-refractivity contribution in [1.29, 1.82) is 0 Å². The molecule has 2 N–H and O–H groups in total. The Kier molecular flexibility index (Phi) is 10.1. The van der Waals surface area contributed by atoms with E-state index in [1.807, 2.05) is 30.3 Å². The summed E-state index contributed by atoms with van der Waals surface area (Å²) in [6.45, 7) is 7.83. The Morgan fingerprint density at radius 2 is 2.07 bits per heavy atom. The van der Waals surface area contributed by atoms with E-state index in [9.17, 15) is 4.79 Å². The van der Waals surface area contributed by atoms with Gasteiger partial charge in [0, 0.05) is 64.0 Å². The molecule has 1 fully saturated rings. The molecular weight excluding hydrogens is 491 g/mol. The molecule has 30 heavy (non-hydrogen) atoms. The topological polar surface area (TPSA) is 74.6 Å². The molecule has 2 aromatic rings. The van der Waals surface area contributed by atoms with Crippen molar-refractivity contribution in [3.05, 3.63) is 54.1 Å². The smallest absolute Gasteiger partial charge is 0.222 e. The summed E-state index contributed by atoms with van der Waals surface area (Å²) in [5, 5.41) is 6.79. The molecule has 1 amide bonds. The number of aromatic nitrogens is 2. The predicted octanol–water partition coefficient (Wildman–Crippen LogP) is 2.66. The van der Waals surface area contributed by atoms with Gasteiger partial charge < -0.3 is 20.1 Å². The molecule has 3 rings (SSSR count). The highest BCUT2D eigenvalue weighted by molar-refractivity contribution is 14.0. The number of nitrogens with zero attached hydrogens (tertiary/aromatic N) is 4. The highest BCUT2D eigenvalue weighted by Gasteiger charge is 2.25. The average molecular weight is 524 g/mol. The molecule has 1 unspecified atom stereocenters. The van der Waals surface area contributed by atoms with Crippen molar-refractivity contribution in [2.24, 2.45) is 4.99 Å². The molecule has 8 heteroatoms. The van der Waals surface area contributed by atoms with Crippen LogP contribution in [0.3, 0.4) is 0 Å². The molecule has 1 aliphatic rings. The van der Waals surface area contributed by atoms with Crippen LogP contribution < -0.4 is 10.6 Å². The van der Waals surface area contributed by atoms with Crippen LogP contribution in [0, 0.1) is 0 Å². The van der Waals surface area contributed by atoms with Crippen molar-refractivity contribution in [3.63, 3.8) is 0 Å². The zero-order valence-electron chi connectivity index (χ0n) is 17.9. The Labute approximate surface area is 196 Å². The number of benzene rings is 1. The number of amides is 1. The molecule has 1 aromatic heterocycles. The molecule has 0 bridgehead atoms. The third kappa shape index (κ3) is 7.00. The van der Waals surface area contributed by atoms with Gasteiger partial charge in [-0.3, -0.25) is 9.79 Å². The summed E-state index contributed by atoms with van der Waals surface area (Å²) < 4.78 is 2.18. The number of guanidine groups is 1. The lowest BCUT2D eigenvalue weighted by molar-refractivity contribution is -0.129. The first-order valence-corrected chi connectivity index (χ1v) is 10.6. The number of aliphatic imine (C=N–C) groups is 1. The molecule has 164 valence electrons. The molecule has 0 saturated carbocycles. The normalized spacial score (nSPS) is 16.3. The summed E-state index contributed by atoms with van der Waals surface area (Å²) in [6, 6.07) is 10.7. The van der Waals surface area contributed by atoms with E-state index in [1.165, 1.54) is 5.56 Å². The number of nitrogens with one attached hydrogen (secondary N) is 2. The lowest BCUT2D eigenvalue weighted by Crippen LogP contribution is -2.45. The van der Waals surface area contributed by atoms with Crippen LogP contribution in [0.4, 0.5) is 0 Å². The Hall–Kier alpha value is -2.10. The SMILES string of the molecule is CCNC(=NCCc1nccn1Cc1ccccc1)NC1CCN(C(=O)CC)C1.I. The molecule has 7 nitrogen and oxygen atoms in total. The molecule has 1 saturated heterocycles. The second-order valence-corrected chi connectivity index (χ2v) is 7.29. The minimum atomic E-state index is 0. The Morgan fingerprint density at radius 1 is 1.27 bits per heavy atom. The minimum absolute atomic E-state index is 0. The van der Waals surface area contributed by atoms with Crippen LogP contribution in [0.15, 0.2) is 47.7 Å². The zero-order valence-corrected chi connectivity index (χ0v) is 20.2. The van der Waals surface area contributed by atoms with Gasteiger partial charge >= 0.3 is 0 Å². The van der Waals surface area contributed by atoms with E-state index >= 15 is 0 Å². The lowest BCUT2D eigenvalue weighted by atomic mass is 10.2.